The number of ether oxygens (including phenoxy) is 2. The van der Waals surface area contributed by atoms with E-state index in [9.17, 15) is 9.59 Å². The number of rotatable bonds is 7. The van der Waals surface area contributed by atoms with Crippen LogP contribution in [0.3, 0.4) is 0 Å². The molecule has 0 aliphatic rings. The molecule has 0 aromatic heterocycles. The van der Waals surface area contributed by atoms with E-state index in [1.807, 2.05) is 0 Å². The Kier molecular flexibility index (Phi) is 7.67. The molecule has 0 aliphatic carbocycles. The van der Waals surface area contributed by atoms with Crippen LogP contribution in [-0.2, 0) is 0 Å². The lowest BCUT2D eigenvalue weighted by Crippen LogP contribution is -2.41. The van der Waals surface area contributed by atoms with Gasteiger partial charge in [0.2, 0.25) is 0 Å². The molecule has 0 radical (unpaired) electrons. The standard InChI is InChI=1S/C20H23BrN2O4/c1-13(2)10-11-27-18-9-8-14(21)12-16(18)20(25)23-22-19(24)15-6-4-5-7-17(15)26-3/h4-9,12-13H,10-11H2,1-3H3,(H,22,24)(H,23,25). The summed E-state index contributed by atoms with van der Waals surface area (Å²) in [5, 5.41) is 0. The fourth-order valence-electron chi connectivity index (χ4n) is 2.29. The Morgan fingerprint density at radius 3 is 2.33 bits per heavy atom. The van der Waals surface area contributed by atoms with Crippen LogP contribution in [0, 0.1) is 5.92 Å². The summed E-state index contributed by atoms with van der Waals surface area (Å²) >= 11 is 3.35. The van der Waals surface area contributed by atoms with Gasteiger partial charge in [0.15, 0.2) is 0 Å². The number of benzene rings is 2. The molecule has 2 rings (SSSR count). The molecule has 0 aliphatic heterocycles. The Hall–Kier alpha value is -2.54. The molecule has 0 bridgehead atoms. The van der Waals surface area contributed by atoms with Gasteiger partial charge in [0.25, 0.3) is 11.8 Å². The summed E-state index contributed by atoms with van der Waals surface area (Å²) in [6.45, 7) is 4.71. The Morgan fingerprint density at radius 2 is 1.67 bits per heavy atom. The van der Waals surface area contributed by atoms with Gasteiger partial charge in [-0.05, 0) is 42.7 Å². The van der Waals surface area contributed by atoms with E-state index < -0.39 is 11.8 Å². The molecule has 0 spiro atoms. The topological polar surface area (TPSA) is 76.7 Å². The van der Waals surface area contributed by atoms with E-state index in [-0.39, 0.29) is 0 Å². The second-order valence-electron chi connectivity index (χ2n) is 6.28. The smallest absolute Gasteiger partial charge is 0.273 e. The monoisotopic (exact) mass is 434 g/mol. The first-order valence-corrected chi connectivity index (χ1v) is 9.37. The minimum Gasteiger partial charge on any atom is -0.496 e. The van der Waals surface area contributed by atoms with E-state index in [0.29, 0.717) is 35.2 Å². The molecule has 6 nitrogen and oxygen atoms in total. The molecule has 2 aromatic rings. The van der Waals surface area contributed by atoms with E-state index >= 15 is 0 Å². The van der Waals surface area contributed by atoms with Gasteiger partial charge in [0, 0.05) is 4.47 Å². The Bertz CT molecular complexity index is 808. The number of amides is 2. The molecular formula is C20H23BrN2O4. The number of hydrazine groups is 1. The van der Waals surface area contributed by atoms with E-state index in [4.69, 9.17) is 9.47 Å². The Balaban J connectivity index is 2.06. The van der Waals surface area contributed by atoms with Gasteiger partial charge < -0.3 is 9.47 Å². The van der Waals surface area contributed by atoms with Gasteiger partial charge in [-0.3, -0.25) is 20.4 Å². The van der Waals surface area contributed by atoms with Crippen LogP contribution in [-0.4, -0.2) is 25.5 Å². The van der Waals surface area contributed by atoms with Crippen LogP contribution in [0.4, 0.5) is 0 Å². The molecule has 144 valence electrons. The van der Waals surface area contributed by atoms with Crippen LogP contribution in [0.1, 0.15) is 41.0 Å². The predicted octanol–water partition coefficient (Wildman–Crippen LogP) is 3.96. The third kappa shape index (κ3) is 5.99. The fourth-order valence-corrected chi connectivity index (χ4v) is 2.65. The SMILES string of the molecule is COc1ccccc1C(=O)NNC(=O)c1cc(Br)ccc1OCCC(C)C. The average molecular weight is 435 g/mol. The van der Waals surface area contributed by atoms with Crippen LogP contribution in [0.15, 0.2) is 46.9 Å². The Morgan fingerprint density at radius 1 is 1.00 bits per heavy atom. The first-order chi connectivity index (χ1) is 12.9. The molecule has 2 amide bonds. The van der Waals surface area contributed by atoms with Crippen LogP contribution >= 0.6 is 15.9 Å². The van der Waals surface area contributed by atoms with Gasteiger partial charge in [-0.25, -0.2) is 0 Å². The fraction of sp³-hybridized carbons (Fsp3) is 0.300. The van der Waals surface area contributed by atoms with Crippen LogP contribution < -0.4 is 20.3 Å². The van der Waals surface area contributed by atoms with Crippen molar-refractivity contribution < 1.29 is 19.1 Å². The van der Waals surface area contributed by atoms with Crippen LogP contribution in [0.25, 0.3) is 0 Å². The summed E-state index contributed by atoms with van der Waals surface area (Å²) in [5.74, 6) is 0.433. The summed E-state index contributed by atoms with van der Waals surface area (Å²) in [5.41, 5.74) is 5.47. The highest BCUT2D eigenvalue weighted by molar-refractivity contribution is 9.10. The summed E-state index contributed by atoms with van der Waals surface area (Å²) in [6.07, 6.45) is 0.877. The number of hydrogen-bond acceptors (Lipinski definition) is 4. The highest BCUT2D eigenvalue weighted by Gasteiger charge is 2.16. The second-order valence-corrected chi connectivity index (χ2v) is 7.20. The van der Waals surface area contributed by atoms with E-state index in [1.165, 1.54) is 7.11 Å². The van der Waals surface area contributed by atoms with Gasteiger partial charge in [0.05, 0.1) is 24.8 Å². The molecule has 0 fully saturated rings. The van der Waals surface area contributed by atoms with Gasteiger partial charge in [-0.2, -0.15) is 0 Å². The molecule has 0 atom stereocenters. The largest absolute Gasteiger partial charge is 0.496 e. The first-order valence-electron chi connectivity index (χ1n) is 8.58. The van der Waals surface area contributed by atoms with Crippen molar-refractivity contribution in [1.29, 1.82) is 0 Å². The Labute approximate surface area is 167 Å². The van der Waals surface area contributed by atoms with E-state index in [0.717, 1.165) is 10.9 Å². The maximum Gasteiger partial charge on any atom is 0.273 e. The molecule has 0 heterocycles. The van der Waals surface area contributed by atoms with Crippen molar-refractivity contribution in [2.24, 2.45) is 5.92 Å². The second kappa shape index (κ2) is 9.97. The molecule has 2 aromatic carbocycles. The van der Waals surface area contributed by atoms with Gasteiger partial charge >= 0.3 is 0 Å². The number of para-hydroxylation sites is 1. The molecule has 27 heavy (non-hydrogen) atoms. The maximum absolute atomic E-state index is 12.5. The van der Waals surface area contributed by atoms with Crippen molar-refractivity contribution in [2.75, 3.05) is 13.7 Å². The summed E-state index contributed by atoms with van der Waals surface area (Å²) in [7, 11) is 1.48. The highest BCUT2D eigenvalue weighted by atomic mass is 79.9. The zero-order chi connectivity index (χ0) is 19.8. The quantitative estimate of drug-likeness (QED) is 0.646. The number of carbonyl (C=O) groups excluding carboxylic acids is 2. The molecule has 0 saturated carbocycles. The van der Waals surface area contributed by atoms with Crippen molar-refractivity contribution >= 4 is 27.7 Å². The molecule has 0 unspecified atom stereocenters. The van der Waals surface area contributed by atoms with Crippen molar-refractivity contribution in [3.8, 4) is 11.5 Å². The average Bonchev–Trinajstić information content (AvgIpc) is 2.66. The van der Waals surface area contributed by atoms with Crippen molar-refractivity contribution in [1.82, 2.24) is 10.9 Å². The van der Waals surface area contributed by atoms with Crippen LogP contribution in [0.5, 0.6) is 11.5 Å². The molecule has 2 N–H and O–H groups in total. The third-order valence-corrected chi connectivity index (χ3v) is 4.27. The van der Waals surface area contributed by atoms with Gasteiger partial charge in [-0.1, -0.05) is 41.9 Å². The summed E-state index contributed by atoms with van der Waals surface area (Å²) in [4.78, 5) is 24.9. The first kappa shape index (κ1) is 20.8. The minimum absolute atomic E-state index is 0.322. The lowest BCUT2D eigenvalue weighted by Gasteiger charge is -2.14. The molecule has 0 saturated heterocycles. The number of hydrogen-bond donors (Lipinski definition) is 2. The van der Waals surface area contributed by atoms with Crippen molar-refractivity contribution in [2.45, 2.75) is 20.3 Å². The highest BCUT2D eigenvalue weighted by Crippen LogP contribution is 2.24. The predicted molar refractivity (Wildman–Crippen MR) is 107 cm³/mol. The number of nitrogens with one attached hydrogen (secondary N) is 2. The van der Waals surface area contributed by atoms with E-state index in [1.54, 1.807) is 42.5 Å². The summed E-state index contributed by atoms with van der Waals surface area (Å²) < 4.78 is 11.6. The third-order valence-electron chi connectivity index (χ3n) is 3.78. The summed E-state index contributed by atoms with van der Waals surface area (Å²) in [6, 6.07) is 11.9. The van der Waals surface area contributed by atoms with E-state index in [2.05, 4.69) is 40.6 Å². The zero-order valence-electron chi connectivity index (χ0n) is 15.5. The zero-order valence-corrected chi connectivity index (χ0v) is 17.1. The number of carbonyl (C=O) groups is 2. The van der Waals surface area contributed by atoms with Crippen LogP contribution in [0.2, 0.25) is 0 Å². The van der Waals surface area contributed by atoms with Gasteiger partial charge in [0.1, 0.15) is 11.5 Å². The number of methoxy groups -OCH3 is 1. The molecule has 7 heteroatoms. The lowest BCUT2D eigenvalue weighted by atomic mass is 10.1. The molecular weight excluding hydrogens is 412 g/mol. The normalized spacial score (nSPS) is 10.4. The maximum atomic E-state index is 12.5. The minimum atomic E-state index is -0.474. The lowest BCUT2D eigenvalue weighted by molar-refractivity contribution is 0.0842. The van der Waals surface area contributed by atoms with Crippen molar-refractivity contribution in [3.63, 3.8) is 0 Å². The van der Waals surface area contributed by atoms with Gasteiger partial charge in [-0.15, -0.1) is 0 Å². The number of halogens is 1. The van der Waals surface area contributed by atoms with Crippen molar-refractivity contribution in [3.05, 3.63) is 58.1 Å².